The SMILES string of the molecule is CC(N)C1CCCN(CC2Cc3ccccc3S2)C1. The van der Waals surface area contributed by atoms with E-state index in [0.29, 0.717) is 12.0 Å². The van der Waals surface area contributed by atoms with Crippen LogP contribution in [0.15, 0.2) is 29.2 Å². The number of nitrogens with zero attached hydrogens (tertiary/aromatic N) is 1. The molecular weight excluding hydrogens is 252 g/mol. The van der Waals surface area contributed by atoms with Crippen molar-refractivity contribution in [3.8, 4) is 0 Å². The number of piperidine rings is 1. The van der Waals surface area contributed by atoms with E-state index in [4.69, 9.17) is 5.73 Å². The number of nitrogens with two attached hydrogens (primary N) is 1. The predicted molar refractivity (Wildman–Crippen MR) is 82.6 cm³/mol. The van der Waals surface area contributed by atoms with E-state index in [1.54, 1.807) is 5.56 Å². The van der Waals surface area contributed by atoms with E-state index in [0.717, 1.165) is 5.25 Å². The standard InChI is InChI=1S/C16H24N2S/c1-12(17)14-6-4-8-18(10-14)11-15-9-13-5-2-3-7-16(13)19-15/h2-3,5,7,12,14-15H,4,6,8-11,17H2,1H3. The second-order valence-electron chi connectivity index (χ2n) is 6.07. The van der Waals surface area contributed by atoms with Crippen LogP contribution in [0.3, 0.4) is 0 Å². The second kappa shape index (κ2) is 5.86. The molecule has 1 saturated heterocycles. The van der Waals surface area contributed by atoms with Gasteiger partial charge in [-0.2, -0.15) is 0 Å². The monoisotopic (exact) mass is 276 g/mol. The van der Waals surface area contributed by atoms with Crippen LogP contribution >= 0.6 is 11.8 Å². The molecule has 0 amide bonds. The summed E-state index contributed by atoms with van der Waals surface area (Å²) in [6, 6.07) is 9.21. The van der Waals surface area contributed by atoms with E-state index in [9.17, 15) is 0 Å². The van der Waals surface area contributed by atoms with Gasteiger partial charge in [-0.15, -0.1) is 11.8 Å². The molecule has 3 atom stereocenters. The summed E-state index contributed by atoms with van der Waals surface area (Å²) in [6.07, 6.45) is 3.86. The van der Waals surface area contributed by atoms with E-state index in [1.165, 1.54) is 43.8 Å². The number of fused-ring (bicyclic) bond motifs is 1. The molecule has 1 aromatic rings. The third kappa shape index (κ3) is 3.15. The fourth-order valence-electron chi connectivity index (χ4n) is 3.33. The minimum atomic E-state index is 0.344. The Kier molecular flexibility index (Phi) is 4.15. The number of rotatable bonds is 3. The van der Waals surface area contributed by atoms with Gasteiger partial charge < -0.3 is 10.6 Å². The van der Waals surface area contributed by atoms with Crippen molar-refractivity contribution in [3.05, 3.63) is 29.8 Å². The summed E-state index contributed by atoms with van der Waals surface area (Å²) >= 11 is 2.07. The van der Waals surface area contributed by atoms with Crippen molar-refractivity contribution in [2.75, 3.05) is 19.6 Å². The predicted octanol–water partition coefficient (Wildman–Crippen LogP) is 2.76. The average Bonchev–Trinajstić information content (AvgIpc) is 2.81. The van der Waals surface area contributed by atoms with Crippen molar-refractivity contribution in [3.63, 3.8) is 0 Å². The molecule has 1 fully saturated rings. The van der Waals surface area contributed by atoms with Gasteiger partial charge in [0.25, 0.3) is 0 Å². The zero-order valence-electron chi connectivity index (χ0n) is 11.7. The van der Waals surface area contributed by atoms with Gasteiger partial charge in [-0.05, 0) is 50.3 Å². The highest BCUT2D eigenvalue weighted by molar-refractivity contribution is 8.00. The molecule has 3 heteroatoms. The Bertz CT molecular complexity index is 408. The van der Waals surface area contributed by atoms with Crippen LogP contribution in [0, 0.1) is 5.92 Å². The summed E-state index contributed by atoms with van der Waals surface area (Å²) in [5, 5.41) is 0.740. The molecule has 2 aliphatic rings. The van der Waals surface area contributed by atoms with Crippen LogP contribution in [0.25, 0.3) is 0 Å². The molecule has 2 N–H and O–H groups in total. The summed E-state index contributed by atoms with van der Waals surface area (Å²) in [4.78, 5) is 4.13. The van der Waals surface area contributed by atoms with Crippen molar-refractivity contribution in [2.24, 2.45) is 11.7 Å². The molecule has 19 heavy (non-hydrogen) atoms. The van der Waals surface area contributed by atoms with Crippen LogP contribution in [0.5, 0.6) is 0 Å². The molecule has 0 saturated carbocycles. The molecule has 1 aromatic carbocycles. The van der Waals surface area contributed by atoms with Crippen molar-refractivity contribution < 1.29 is 0 Å². The maximum atomic E-state index is 6.07. The van der Waals surface area contributed by atoms with E-state index >= 15 is 0 Å². The van der Waals surface area contributed by atoms with Crippen LogP contribution < -0.4 is 5.73 Å². The minimum Gasteiger partial charge on any atom is -0.328 e. The van der Waals surface area contributed by atoms with Crippen molar-refractivity contribution in [1.82, 2.24) is 4.90 Å². The zero-order valence-corrected chi connectivity index (χ0v) is 12.5. The van der Waals surface area contributed by atoms with E-state index in [2.05, 4.69) is 47.9 Å². The molecule has 3 rings (SSSR count). The highest BCUT2D eigenvalue weighted by Crippen LogP contribution is 2.37. The molecule has 2 heterocycles. The Morgan fingerprint density at radius 2 is 2.26 bits per heavy atom. The van der Waals surface area contributed by atoms with Gasteiger partial charge >= 0.3 is 0 Å². The molecular formula is C16H24N2S. The van der Waals surface area contributed by atoms with Gasteiger partial charge in [0.1, 0.15) is 0 Å². The van der Waals surface area contributed by atoms with Crippen LogP contribution in [-0.2, 0) is 6.42 Å². The lowest BCUT2D eigenvalue weighted by molar-refractivity contribution is 0.162. The summed E-state index contributed by atoms with van der Waals surface area (Å²) in [6.45, 7) is 5.85. The third-order valence-corrected chi connectivity index (χ3v) is 5.76. The molecule has 2 nitrogen and oxygen atoms in total. The van der Waals surface area contributed by atoms with Gasteiger partial charge in [0.15, 0.2) is 0 Å². The summed E-state index contributed by atoms with van der Waals surface area (Å²) in [5.41, 5.74) is 7.61. The smallest absolute Gasteiger partial charge is 0.0263 e. The lowest BCUT2D eigenvalue weighted by atomic mass is 9.92. The first-order valence-electron chi connectivity index (χ1n) is 7.45. The van der Waals surface area contributed by atoms with Gasteiger partial charge in [-0.3, -0.25) is 0 Å². The fourth-order valence-corrected chi connectivity index (χ4v) is 4.70. The lowest BCUT2D eigenvalue weighted by Gasteiger charge is -2.35. The maximum absolute atomic E-state index is 6.07. The number of thioether (sulfide) groups is 1. The average molecular weight is 276 g/mol. The molecule has 2 aliphatic heterocycles. The molecule has 104 valence electrons. The van der Waals surface area contributed by atoms with Crippen LogP contribution in [-0.4, -0.2) is 35.8 Å². The number of hydrogen-bond acceptors (Lipinski definition) is 3. The summed E-state index contributed by atoms with van der Waals surface area (Å²) < 4.78 is 0. The van der Waals surface area contributed by atoms with Crippen molar-refractivity contribution in [2.45, 2.75) is 42.4 Å². The van der Waals surface area contributed by atoms with Crippen LogP contribution in [0.2, 0.25) is 0 Å². The van der Waals surface area contributed by atoms with Gasteiger partial charge in [0.05, 0.1) is 0 Å². The Morgan fingerprint density at radius 1 is 1.42 bits per heavy atom. The van der Waals surface area contributed by atoms with Gasteiger partial charge in [0, 0.05) is 29.3 Å². The topological polar surface area (TPSA) is 29.3 Å². The molecule has 3 unspecified atom stereocenters. The fraction of sp³-hybridized carbons (Fsp3) is 0.625. The molecule has 0 aromatic heterocycles. The summed E-state index contributed by atoms with van der Waals surface area (Å²) in [7, 11) is 0. The van der Waals surface area contributed by atoms with E-state index in [-0.39, 0.29) is 0 Å². The van der Waals surface area contributed by atoms with Crippen LogP contribution in [0.1, 0.15) is 25.3 Å². The van der Waals surface area contributed by atoms with Gasteiger partial charge in [0.2, 0.25) is 0 Å². The number of likely N-dealkylation sites (tertiary alicyclic amines) is 1. The molecule has 0 bridgehead atoms. The third-order valence-electron chi connectivity index (χ3n) is 4.46. The highest BCUT2D eigenvalue weighted by Gasteiger charge is 2.27. The second-order valence-corrected chi connectivity index (χ2v) is 7.41. The summed E-state index contributed by atoms with van der Waals surface area (Å²) in [5.74, 6) is 0.697. The number of hydrogen-bond donors (Lipinski definition) is 1. The highest BCUT2D eigenvalue weighted by atomic mass is 32.2. The molecule has 0 aliphatic carbocycles. The van der Waals surface area contributed by atoms with Gasteiger partial charge in [-0.1, -0.05) is 18.2 Å². The van der Waals surface area contributed by atoms with Crippen molar-refractivity contribution in [1.29, 1.82) is 0 Å². The first-order valence-corrected chi connectivity index (χ1v) is 8.33. The lowest BCUT2D eigenvalue weighted by Crippen LogP contribution is -2.44. The van der Waals surface area contributed by atoms with E-state index < -0.39 is 0 Å². The van der Waals surface area contributed by atoms with E-state index in [1.807, 2.05) is 0 Å². The Balaban J connectivity index is 1.56. The van der Waals surface area contributed by atoms with Crippen molar-refractivity contribution >= 4 is 11.8 Å². The Labute approximate surface area is 120 Å². The zero-order chi connectivity index (χ0) is 13.2. The van der Waals surface area contributed by atoms with Crippen LogP contribution in [0.4, 0.5) is 0 Å². The number of benzene rings is 1. The largest absolute Gasteiger partial charge is 0.328 e. The van der Waals surface area contributed by atoms with Gasteiger partial charge in [-0.25, -0.2) is 0 Å². The first kappa shape index (κ1) is 13.5. The normalized spacial score (nSPS) is 29.2. The Hall–Kier alpha value is -0.510. The first-order chi connectivity index (χ1) is 9.22. The quantitative estimate of drug-likeness (QED) is 0.920. The maximum Gasteiger partial charge on any atom is 0.0263 e. The Morgan fingerprint density at radius 3 is 3.05 bits per heavy atom. The minimum absolute atomic E-state index is 0.344. The molecule has 0 radical (unpaired) electrons. The molecule has 0 spiro atoms.